The Morgan fingerprint density at radius 2 is 2.07 bits per heavy atom. The number of benzene rings is 2. The van der Waals surface area contributed by atoms with E-state index in [2.05, 4.69) is 10.3 Å². The van der Waals surface area contributed by atoms with Crippen molar-refractivity contribution in [2.24, 2.45) is 0 Å². The number of pyridine rings is 1. The number of hydrogen-bond donors (Lipinski definition) is 1. The molecule has 1 aliphatic heterocycles. The molecule has 1 amide bonds. The summed E-state index contributed by atoms with van der Waals surface area (Å²) in [6.07, 6.45) is 1.64. The molecule has 4 rings (SSSR count). The topological polar surface area (TPSA) is 63.7 Å². The fourth-order valence-corrected chi connectivity index (χ4v) is 3.60. The average molecular weight is 412 g/mol. The van der Waals surface area contributed by atoms with Crippen LogP contribution in [-0.4, -0.2) is 49.2 Å². The van der Waals surface area contributed by atoms with Crippen LogP contribution in [0.25, 0.3) is 10.9 Å². The van der Waals surface area contributed by atoms with E-state index in [9.17, 15) is 4.79 Å². The Labute approximate surface area is 174 Å². The summed E-state index contributed by atoms with van der Waals surface area (Å²) < 4.78 is 10.7. The molecule has 1 saturated heterocycles. The molecular weight excluding hydrogens is 390 g/mol. The first-order valence-corrected chi connectivity index (χ1v) is 9.85. The molecule has 1 N–H and O–H groups in total. The van der Waals surface area contributed by atoms with Gasteiger partial charge in [-0.25, -0.2) is 0 Å². The first kappa shape index (κ1) is 19.5. The van der Waals surface area contributed by atoms with Crippen molar-refractivity contribution >= 4 is 34.1 Å². The maximum atomic E-state index is 13.2. The summed E-state index contributed by atoms with van der Waals surface area (Å²) >= 11 is 6.24. The third kappa shape index (κ3) is 4.28. The zero-order chi connectivity index (χ0) is 20.2. The molecule has 2 heterocycles. The second-order valence-electron chi connectivity index (χ2n) is 6.82. The zero-order valence-corrected chi connectivity index (χ0v) is 16.9. The lowest BCUT2D eigenvalue weighted by atomic mass is 10.1. The van der Waals surface area contributed by atoms with Gasteiger partial charge in [-0.15, -0.1) is 0 Å². The largest absolute Gasteiger partial charge is 0.497 e. The molecule has 150 valence electrons. The molecule has 2 aromatic carbocycles. The van der Waals surface area contributed by atoms with Crippen LogP contribution in [0.15, 0.2) is 48.7 Å². The van der Waals surface area contributed by atoms with Crippen LogP contribution in [0.3, 0.4) is 0 Å². The number of halogens is 1. The monoisotopic (exact) mass is 411 g/mol. The summed E-state index contributed by atoms with van der Waals surface area (Å²) in [5.74, 6) is 0.729. The predicted molar refractivity (Wildman–Crippen MR) is 114 cm³/mol. The highest BCUT2D eigenvalue weighted by atomic mass is 35.5. The summed E-state index contributed by atoms with van der Waals surface area (Å²) in [5.41, 5.74) is 3.09. The van der Waals surface area contributed by atoms with Crippen LogP contribution in [-0.2, 0) is 11.3 Å². The van der Waals surface area contributed by atoms with E-state index in [0.717, 1.165) is 27.9 Å². The van der Waals surface area contributed by atoms with Crippen LogP contribution < -0.4 is 10.1 Å². The van der Waals surface area contributed by atoms with Gasteiger partial charge in [0.1, 0.15) is 5.75 Å². The minimum Gasteiger partial charge on any atom is -0.497 e. The van der Waals surface area contributed by atoms with Gasteiger partial charge in [0.25, 0.3) is 5.91 Å². The molecule has 6 nitrogen and oxygen atoms in total. The van der Waals surface area contributed by atoms with E-state index in [-0.39, 0.29) is 5.91 Å². The normalized spacial score (nSPS) is 14.1. The van der Waals surface area contributed by atoms with Crippen molar-refractivity contribution in [3.05, 3.63) is 64.8 Å². The predicted octanol–water partition coefficient (Wildman–Crippen LogP) is 3.98. The Balaban J connectivity index is 1.71. The number of fused-ring (bicyclic) bond motifs is 1. The van der Waals surface area contributed by atoms with Crippen molar-refractivity contribution < 1.29 is 14.3 Å². The number of rotatable bonds is 5. The van der Waals surface area contributed by atoms with E-state index in [1.54, 1.807) is 24.3 Å². The van der Waals surface area contributed by atoms with Crippen molar-refractivity contribution in [3.8, 4) is 5.75 Å². The Morgan fingerprint density at radius 3 is 2.86 bits per heavy atom. The summed E-state index contributed by atoms with van der Waals surface area (Å²) in [5, 5.41) is 4.85. The number of anilines is 1. The Morgan fingerprint density at radius 1 is 1.24 bits per heavy atom. The van der Waals surface area contributed by atoms with Crippen LogP contribution in [0.5, 0.6) is 5.75 Å². The van der Waals surface area contributed by atoms with Gasteiger partial charge in [0, 0.05) is 36.2 Å². The SMILES string of the molecule is COc1cccc(CNc2c(C(=O)N3CCOCC3)cnc3ccc(Cl)cc23)c1. The highest BCUT2D eigenvalue weighted by Gasteiger charge is 2.23. The third-order valence-corrected chi connectivity index (χ3v) is 5.20. The molecular formula is C22H22ClN3O3. The molecule has 3 aromatic rings. The second kappa shape index (κ2) is 8.68. The van der Waals surface area contributed by atoms with Crippen LogP contribution >= 0.6 is 11.6 Å². The number of aromatic nitrogens is 1. The number of morpholine rings is 1. The van der Waals surface area contributed by atoms with Gasteiger partial charge in [-0.2, -0.15) is 0 Å². The summed E-state index contributed by atoms with van der Waals surface area (Å²) in [6.45, 7) is 2.77. The van der Waals surface area contributed by atoms with Crippen molar-refractivity contribution in [1.29, 1.82) is 0 Å². The zero-order valence-electron chi connectivity index (χ0n) is 16.2. The molecule has 0 aliphatic carbocycles. The van der Waals surface area contributed by atoms with E-state index in [1.165, 1.54) is 0 Å². The molecule has 7 heteroatoms. The number of amides is 1. The van der Waals surface area contributed by atoms with Crippen molar-refractivity contribution in [2.45, 2.75) is 6.54 Å². The minimum absolute atomic E-state index is 0.0594. The van der Waals surface area contributed by atoms with Gasteiger partial charge in [-0.1, -0.05) is 23.7 Å². The molecule has 0 saturated carbocycles. The molecule has 29 heavy (non-hydrogen) atoms. The van der Waals surface area contributed by atoms with Gasteiger partial charge in [0.2, 0.25) is 0 Å². The fraction of sp³-hybridized carbons (Fsp3) is 0.273. The molecule has 0 unspecified atom stereocenters. The highest BCUT2D eigenvalue weighted by Crippen LogP contribution is 2.30. The van der Waals surface area contributed by atoms with E-state index < -0.39 is 0 Å². The smallest absolute Gasteiger partial charge is 0.257 e. The maximum Gasteiger partial charge on any atom is 0.257 e. The number of nitrogens with one attached hydrogen (secondary N) is 1. The average Bonchev–Trinajstić information content (AvgIpc) is 2.77. The molecule has 0 atom stereocenters. The number of nitrogens with zero attached hydrogens (tertiary/aromatic N) is 2. The van der Waals surface area contributed by atoms with E-state index in [4.69, 9.17) is 21.1 Å². The lowest BCUT2D eigenvalue weighted by Crippen LogP contribution is -2.41. The van der Waals surface area contributed by atoms with E-state index in [1.807, 2.05) is 36.4 Å². The van der Waals surface area contributed by atoms with Crippen LogP contribution in [0, 0.1) is 0 Å². The van der Waals surface area contributed by atoms with Crippen LogP contribution in [0.4, 0.5) is 5.69 Å². The van der Waals surface area contributed by atoms with Gasteiger partial charge in [0.15, 0.2) is 0 Å². The van der Waals surface area contributed by atoms with Gasteiger partial charge in [-0.3, -0.25) is 9.78 Å². The lowest BCUT2D eigenvalue weighted by Gasteiger charge is -2.28. The minimum atomic E-state index is -0.0594. The molecule has 0 spiro atoms. The second-order valence-corrected chi connectivity index (χ2v) is 7.25. The standard InChI is InChI=1S/C22H22ClN3O3/c1-28-17-4-2-3-15(11-17)13-25-21-18-12-16(23)5-6-20(18)24-14-19(21)22(27)26-7-9-29-10-8-26/h2-6,11-12,14H,7-10,13H2,1H3,(H,24,25). The van der Waals surface area contributed by atoms with Gasteiger partial charge in [-0.05, 0) is 35.9 Å². The molecule has 1 aliphatic rings. The quantitative estimate of drug-likeness (QED) is 0.688. The third-order valence-electron chi connectivity index (χ3n) is 4.96. The Kier molecular flexibility index (Phi) is 5.83. The summed E-state index contributed by atoms with van der Waals surface area (Å²) in [4.78, 5) is 19.5. The van der Waals surface area contributed by atoms with Crippen LogP contribution in [0.1, 0.15) is 15.9 Å². The number of carbonyl (C=O) groups excluding carboxylic acids is 1. The number of hydrogen-bond acceptors (Lipinski definition) is 5. The maximum absolute atomic E-state index is 13.2. The van der Waals surface area contributed by atoms with E-state index >= 15 is 0 Å². The first-order chi connectivity index (χ1) is 14.2. The van der Waals surface area contributed by atoms with Gasteiger partial charge >= 0.3 is 0 Å². The van der Waals surface area contributed by atoms with Crippen LogP contribution in [0.2, 0.25) is 5.02 Å². The Hall–Kier alpha value is -2.83. The molecule has 0 bridgehead atoms. The summed E-state index contributed by atoms with van der Waals surface area (Å²) in [6, 6.07) is 13.3. The number of methoxy groups -OCH3 is 1. The van der Waals surface area contributed by atoms with Gasteiger partial charge in [0.05, 0.1) is 37.1 Å². The number of carbonyl (C=O) groups is 1. The fourth-order valence-electron chi connectivity index (χ4n) is 3.43. The molecule has 1 aromatic heterocycles. The molecule has 1 fully saturated rings. The molecule has 0 radical (unpaired) electrons. The number of ether oxygens (including phenoxy) is 2. The van der Waals surface area contributed by atoms with Crippen molar-refractivity contribution in [1.82, 2.24) is 9.88 Å². The highest BCUT2D eigenvalue weighted by molar-refractivity contribution is 6.31. The van der Waals surface area contributed by atoms with Gasteiger partial charge < -0.3 is 19.7 Å². The lowest BCUT2D eigenvalue weighted by molar-refractivity contribution is 0.0303. The van der Waals surface area contributed by atoms with Crippen molar-refractivity contribution in [2.75, 3.05) is 38.7 Å². The summed E-state index contributed by atoms with van der Waals surface area (Å²) in [7, 11) is 1.64. The van der Waals surface area contributed by atoms with Crippen molar-refractivity contribution in [3.63, 3.8) is 0 Å². The van der Waals surface area contributed by atoms with E-state index in [0.29, 0.717) is 43.4 Å². The first-order valence-electron chi connectivity index (χ1n) is 9.48. The Bertz CT molecular complexity index is 1030.